The van der Waals surface area contributed by atoms with Gasteiger partial charge in [-0.3, -0.25) is 4.90 Å². The molecule has 16 heavy (non-hydrogen) atoms. The number of rotatable bonds is 6. The molecule has 0 radical (unpaired) electrons. The second-order valence-electron chi connectivity index (χ2n) is 3.87. The lowest BCUT2D eigenvalue weighted by Gasteiger charge is -2.17. The van der Waals surface area contributed by atoms with E-state index in [1.54, 1.807) is 6.92 Å². The normalized spacial score (nSPS) is 12.4. The number of ether oxygens (including phenoxy) is 1. The molecule has 0 saturated heterocycles. The highest BCUT2D eigenvalue weighted by Gasteiger charge is 2.02. The highest BCUT2D eigenvalue weighted by Crippen LogP contribution is 2.02. The lowest BCUT2D eigenvalue weighted by atomic mass is 10.2. The maximum absolute atomic E-state index is 8.55. The topological polar surface area (TPSA) is 36.3 Å². The van der Waals surface area contributed by atoms with Crippen LogP contribution in [0.1, 0.15) is 12.5 Å². The van der Waals surface area contributed by atoms with E-state index in [9.17, 15) is 0 Å². The molecular weight excluding hydrogens is 200 g/mol. The van der Waals surface area contributed by atoms with Gasteiger partial charge < -0.3 is 4.74 Å². The summed E-state index contributed by atoms with van der Waals surface area (Å²) >= 11 is 0. The third kappa shape index (κ3) is 4.92. The van der Waals surface area contributed by atoms with Crippen molar-refractivity contribution in [1.29, 1.82) is 5.26 Å². The molecule has 1 aromatic rings. The molecule has 0 bridgehead atoms. The van der Waals surface area contributed by atoms with Crippen LogP contribution in [0.3, 0.4) is 0 Å². The van der Waals surface area contributed by atoms with Crippen molar-refractivity contribution in [2.45, 2.75) is 19.6 Å². The zero-order valence-electron chi connectivity index (χ0n) is 9.89. The van der Waals surface area contributed by atoms with Gasteiger partial charge in [-0.15, -0.1) is 0 Å². The van der Waals surface area contributed by atoms with Gasteiger partial charge >= 0.3 is 0 Å². The second-order valence-corrected chi connectivity index (χ2v) is 3.87. The summed E-state index contributed by atoms with van der Waals surface area (Å²) in [5.74, 6) is 0. The van der Waals surface area contributed by atoms with Gasteiger partial charge in [0.25, 0.3) is 0 Å². The molecule has 0 aliphatic carbocycles. The molecule has 3 nitrogen and oxygen atoms in total. The van der Waals surface area contributed by atoms with Gasteiger partial charge in [-0.05, 0) is 19.5 Å². The minimum Gasteiger partial charge on any atom is -0.362 e. The lowest BCUT2D eigenvalue weighted by Crippen LogP contribution is -2.24. The third-order valence-electron chi connectivity index (χ3n) is 2.32. The molecule has 1 atom stereocenters. The van der Waals surface area contributed by atoms with Gasteiger partial charge in [-0.1, -0.05) is 30.3 Å². The van der Waals surface area contributed by atoms with Crippen molar-refractivity contribution < 1.29 is 4.74 Å². The van der Waals surface area contributed by atoms with E-state index in [0.717, 1.165) is 13.1 Å². The first kappa shape index (κ1) is 12.7. The fourth-order valence-electron chi connectivity index (χ4n) is 1.40. The van der Waals surface area contributed by atoms with E-state index in [4.69, 9.17) is 10.00 Å². The van der Waals surface area contributed by atoms with Gasteiger partial charge in [-0.2, -0.15) is 5.26 Å². The first-order valence-electron chi connectivity index (χ1n) is 5.46. The van der Waals surface area contributed by atoms with Crippen molar-refractivity contribution in [3.05, 3.63) is 35.9 Å². The van der Waals surface area contributed by atoms with Crippen LogP contribution >= 0.6 is 0 Å². The molecular formula is C13H18N2O. The third-order valence-corrected chi connectivity index (χ3v) is 2.32. The van der Waals surface area contributed by atoms with E-state index in [2.05, 4.69) is 17.0 Å². The van der Waals surface area contributed by atoms with Gasteiger partial charge in [0.1, 0.15) is 6.10 Å². The second kappa shape index (κ2) is 7.00. The Morgan fingerprint density at radius 2 is 2.06 bits per heavy atom. The molecule has 1 rings (SSSR count). The molecule has 0 spiro atoms. The molecule has 1 aromatic carbocycles. The van der Waals surface area contributed by atoms with Gasteiger partial charge in [0.05, 0.1) is 12.7 Å². The quantitative estimate of drug-likeness (QED) is 0.733. The molecule has 3 heteroatoms. The monoisotopic (exact) mass is 218 g/mol. The number of likely N-dealkylation sites (N-methyl/N-ethyl adjacent to an activating group) is 1. The number of nitriles is 1. The standard InChI is InChI=1S/C13H18N2O/c1-12(10-14)16-9-8-15(2)11-13-6-4-3-5-7-13/h3-7,12H,8-9,11H2,1-2H3. The number of benzene rings is 1. The van der Waals surface area contributed by atoms with Crippen molar-refractivity contribution in [1.82, 2.24) is 4.90 Å². The first-order valence-corrected chi connectivity index (χ1v) is 5.46. The SMILES string of the molecule is CC(C#N)OCCN(C)Cc1ccccc1. The predicted octanol–water partition coefficient (Wildman–Crippen LogP) is 2.05. The average Bonchev–Trinajstić information content (AvgIpc) is 2.30. The minimum atomic E-state index is -0.315. The number of hydrogen-bond donors (Lipinski definition) is 0. The van der Waals surface area contributed by atoms with E-state index >= 15 is 0 Å². The Hall–Kier alpha value is -1.37. The molecule has 1 unspecified atom stereocenters. The van der Waals surface area contributed by atoms with Gasteiger partial charge in [0, 0.05) is 13.1 Å². The first-order chi connectivity index (χ1) is 7.72. The molecule has 0 aliphatic rings. The molecule has 0 N–H and O–H groups in total. The Labute approximate surface area is 97.3 Å². The van der Waals surface area contributed by atoms with Crippen LogP contribution in [0.4, 0.5) is 0 Å². The van der Waals surface area contributed by atoms with Crippen LogP contribution in [0.5, 0.6) is 0 Å². The van der Waals surface area contributed by atoms with Crippen molar-refractivity contribution in [2.75, 3.05) is 20.2 Å². The smallest absolute Gasteiger partial charge is 0.141 e. The average molecular weight is 218 g/mol. The zero-order chi connectivity index (χ0) is 11.8. The largest absolute Gasteiger partial charge is 0.362 e. The Balaban J connectivity index is 2.22. The zero-order valence-corrected chi connectivity index (χ0v) is 9.89. The van der Waals surface area contributed by atoms with Gasteiger partial charge in [0.2, 0.25) is 0 Å². The summed E-state index contributed by atoms with van der Waals surface area (Å²) < 4.78 is 5.30. The van der Waals surface area contributed by atoms with Crippen LogP contribution in [0, 0.1) is 11.3 Å². The molecule has 0 fully saturated rings. The fourth-order valence-corrected chi connectivity index (χ4v) is 1.40. The van der Waals surface area contributed by atoms with Crippen LogP contribution in [-0.2, 0) is 11.3 Å². The summed E-state index contributed by atoms with van der Waals surface area (Å²) in [5.41, 5.74) is 1.29. The summed E-state index contributed by atoms with van der Waals surface area (Å²) in [7, 11) is 2.05. The summed E-state index contributed by atoms with van der Waals surface area (Å²) in [6.07, 6.45) is -0.315. The van der Waals surface area contributed by atoms with E-state index in [-0.39, 0.29) is 6.10 Å². The van der Waals surface area contributed by atoms with E-state index in [0.29, 0.717) is 6.61 Å². The van der Waals surface area contributed by atoms with E-state index < -0.39 is 0 Å². The van der Waals surface area contributed by atoms with E-state index in [1.165, 1.54) is 5.56 Å². The van der Waals surface area contributed by atoms with Crippen LogP contribution in [0.15, 0.2) is 30.3 Å². The van der Waals surface area contributed by atoms with Gasteiger partial charge in [-0.25, -0.2) is 0 Å². The number of nitrogens with zero attached hydrogens (tertiary/aromatic N) is 2. The summed E-state index contributed by atoms with van der Waals surface area (Å²) in [6, 6.07) is 12.4. The van der Waals surface area contributed by atoms with E-state index in [1.807, 2.05) is 31.3 Å². The molecule has 0 aliphatic heterocycles. The summed E-state index contributed by atoms with van der Waals surface area (Å²) in [5, 5.41) is 8.55. The number of hydrogen-bond acceptors (Lipinski definition) is 3. The van der Waals surface area contributed by atoms with Crippen LogP contribution < -0.4 is 0 Å². The maximum atomic E-state index is 8.55. The molecule has 0 amide bonds. The van der Waals surface area contributed by atoms with Crippen molar-refractivity contribution in [3.8, 4) is 6.07 Å². The van der Waals surface area contributed by atoms with Crippen molar-refractivity contribution in [3.63, 3.8) is 0 Å². The summed E-state index contributed by atoms with van der Waals surface area (Å²) in [4.78, 5) is 2.18. The Kier molecular flexibility index (Phi) is 5.55. The lowest BCUT2D eigenvalue weighted by molar-refractivity contribution is 0.0827. The van der Waals surface area contributed by atoms with Crippen molar-refractivity contribution in [2.24, 2.45) is 0 Å². The van der Waals surface area contributed by atoms with Crippen LogP contribution in [0.25, 0.3) is 0 Å². The molecule has 0 saturated carbocycles. The fraction of sp³-hybridized carbons (Fsp3) is 0.462. The predicted molar refractivity (Wildman–Crippen MR) is 63.8 cm³/mol. The molecule has 0 aromatic heterocycles. The van der Waals surface area contributed by atoms with Crippen molar-refractivity contribution >= 4 is 0 Å². The van der Waals surface area contributed by atoms with Crippen LogP contribution in [-0.4, -0.2) is 31.2 Å². The maximum Gasteiger partial charge on any atom is 0.141 e. The Morgan fingerprint density at radius 3 is 2.69 bits per heavy atom. The highest BCUT2D eigenvalue weighted by molar-refractivity contribution is 5.14. The molecule has 0 heterocycles. The minimum absolute atomic E-state index is 0.315. The summed E-state index contributed by atoms with van der Waals surface area (Å²) in [6.45, 7) is 4.10. The molecule has 86 valence electrons. The Morgan fingerprint density at radius 1 is 1.38 bits per heavy atom. The Bertz CT molecular complexity index is 332. The van der Waals surface area contributed by atoms with Gasteiger partial charge in [0.15, 0.2) is 0 Å². The highest BCUT2D eigenvalue weighted by atomic mass is 16.5. The van der Waals surface area contributed by atoms with Crippen LogP contribution in [0.2, 0.25) is 0 Å².